The summed E-state index contributed by atoms with van der Waals surface area (Å²) in [5, 5.41) is 65.6. The van der Waals surface area contributed by atoms with Crippen molar-refractivity contribution in [1.29, 1.82) is 0 Å². The molecule has 22 rings (SSSR count). The van der Waals surface area contributed by atoms with Gasteiger partial charge in [-0.1, -0.05) is 169 Å². The fourth-order valence-electron chi connectivity index (χ4n) is 38.5. The van der Waals surface area contributed by atoms with E-state index in [9.17, 15) is 39.9 Å². The van der Waals surface area contributed by atoms with Gasteiger partial charge < -0.3 is 54.3 Å². The van der Waals surface area contributed by atoms with E-state index in [0.717, 1.165) is 130 Å². The SMILES string of the molecule is COC(=O)CC[C@@H](C)[C@H]1CC[C@H]2[C@@H]3CC[C@@H]4C[C@H](C)CC[C@]4(C)C3=CC(O)[C@]12C.C[C@@H]1CC[C@]2(C)C3=CC(O)[C@@]4(C)[C@@H](CCC45OCCCO5)[C@@H]3CC[C@@H]2C1.C[C@@H]1CC[C@]2(C)C3=CC(O)[C@@]4(C)[C@@H](CCC45OCCO5)[C@@H]3CC[C@@H]2C1.C[C@@H]1CC[C@]2(C)C3=CC(O)[C@]4(C)C(=O)CC[C@H]4[C@@H]3CC[C@@H]2C1.C[C@@H]1CC[C@]2(C)C3=CC(O)[C@]4(C)[C@@H]([C@H](C)CCC(=O)O)CC[C@H]4[C@@H]3CC[C@@H]2C1. The summed E-state index contributed by atoms with van der Waals surface area (Å²) in [7, 11) is 1.47. The van der Waals surface area contributed by atoms with Crippen molar-refractivity contribution in [2.75, 3.05) is 33.5 Å². The molecule has 14 nitrogen and oxygen atoms in total. The zero-order valence-corrected chi connectivity index (χ0v) is 84.7. The largest absolute Gasteiger partial charge is 0.481 e. The molecular weight excluding hydrogens is 1620 g/mol. The number of carboxylic acid groups (broad SMARTS) is 1. The predicted molar refractivity (Wildman–Crippen MR) is 514 cm³/mol. The minimum atomic E-state index is -0.698. The van der Waals surface area contributed by atoms with Gasteiger partial charge in [0.05, 0.1) is 80.3 Å². The average Bonchev–Trinajstić information content (AvgIpc) is 1.47. The molecule has 22 aliphatic rings. The van der Waals surface area contributed by atoms with E-state index >= 15 is 0 Å². The second-order valence-electron chi connectivity index (χ2n) is 52.5. The van der Waals surface area contributed by atoms with Gasteiger partial charge in [0.25, 0.3) is 0 Å². The van der Waals surface area contributed by atoms with Crippen molar-refractivity contribution in [1.82, 2.24) is 0 Å². The molecule has 2 saturated heterocycles. The molecule has 0 aromatic heterocycles. The highest BCUT2D eigenvalue weighted by Gasteiger charge is 2.72. The number of fused-ring (bicyclic) bond motifs is 27. The number of carbonyl (C=O) groups excluding carboxylic acids is 2. The number of hydrogen-bond donors (Lipinski definition) is 6. The summed E-state index contributed by atoms with van der Waals surface area (Å²) in [6.07, 6.45) is 56.1. The molecule has 2 heterocycles. The van der Waals surface area contributed by atoms with E-state index in [1.165, 1.54) is 192 Å². The Morgan fingerprint density at radius 1 is 0.369 bits per heavy atom. The Kier molecular flexibility index (Phi) is 26.9. The van der Waals surface area contributed by atoms with Crippen LogP contribution in [0.5, 0.6) is 0 Å². The summed E-state index contributed by atoms with van der Waals surface area (Å²) in [6, 6.07) is 0. The zero-order valence-electron chi connectivity index (χ0n) is 84.7. The van der Waals surface area contributed by atoms with Crippen molar-refractivity contribution in [3.63, 3.8) is 0 Å². The Bertz CT molecular complexity index is 4290. The molecule has 15 saturated carbocycles. The van der Waals surface area contributed by atoms with Crippen LogP contribution < -0.4 is 0 Å². The highest BCUT2D eigenvalue weighted by molar-refractivity contribution is 5.88. The van der Waals surface area contributed by atoms with Crippen LogP contribution in [0.3, 0.4) is 0 Å². The van der Waals surface area contributed by atoms with E-state index in [-0.39, 0.29) is 51.7 Å². The van der Waals surface area contributed by atoms with E-state index in [1.807, 2.05) is 6.92 Å². The number of aliphatic carboxylic acids is 1. The van der Waals surface area contributed by atoms with Gasteiger partial charge in [-0.05, 0) is 401 Å². The van der Waals surface area contributed by atoms with E-state index in [0.29, 0.717) is 136 Å². The molecule has 2 spiro atoms. The number of rotatable bonds is 8. The normalized spacial score (nSPS) is 51.2. The highest BCUT2D eigenvalue weighted by Crippen LogP contribution is 2.74. The van der Waals surface area contributed by atoms with Gasteiger partial charge in [0, 0.05) is 42.9 Å². The van der Waals surface area contributed by atoms with Crippen LogP contribution in [-0.4, -0.2) is 124 Å². The molecule has 730 valence electrons. The number of allylic oxidation sites excluding steroid dienone is 5. The summed E-state index contributed by atoms with van der Waals surface area (Å²) >= 11 is 0. The Morgan fingerprint density at radius 3 is 1.02 bits per heavy atom. The van der Waals surface area contributed by atoms with Gasteiger partial charge in [0.15, 0.2) is 11.6 Å². The molecule has 0 radical (unpaired) electrons. The first kappa shape index (κ1) is 97.2. The minimum absolute atomic E-state index is 0.0468. The maximum Gasteiger partial charge on any atom is 0.305 e. The molecule has 17 fully saturated rings. The van der Waals surface area contributed by atoms with Crippen LogP contribution in [0.4, 0.5) is 0 Å². The number of methoxy groups -OCH3 is 1. The van der Waals surface area contributed by atoms with E-state index in [2.05, 4.69) is 141 Å². The number of aliphatic hydroxyl groups excluding tert-OH is 5. The lowest BCUT2D eigenvalue weighted by Gasteiger charge is -2.59. The van der Waals surface area contributed by atoms with Crippen molar-refractivity contribution in [2.24, 2.45) is 196 Å². The van der Waals surface area contributed by atoms with Crippen molar-refractivity contribution < 1.29 is 68.7 Å². The standard InChI is InChI=1S/C26H42O3.C25H40O3.C23H36O3.C22H34O3.C20H30O2/c1-16-12-13-25(3)18(14-16)7-8-19-21-10-9-20(17(2)6-11-24(28)29-5)26(21,4)23(27)15-22(19)25;1-15-11-12-24(3)17(13-15)6-7-18-20-9-8-19(16(2)5-10-23(27)28)25(20,4)22(26)14-21(18)24;1-15-7-9-21(2)16(13-15)5-6-17-18-8-10-23(25-11-4-12-26-23)22(18,3)20(24)14-19(17)21;1-14-6-8-20(2)15(12-14)4-5-16-17-7-9-22(24-10-11-25-22)21(17,3)19(23)13-18(16)20;1-12-8-9-19(2)13(10-12)4-5-14-15-6-7-17(21)20(15,3)18(22)11-16(14)19/h15-21,23,27H,6-14H2,1-5H3;14-20,22,26H,5-13H2,1-4H3,(H,27,28);14-18,20,24H,4-13H2,1-3H3;13-17,19,23H,4-12H2,1-3H3;11-15,18,22H,4-10H2,1-3H3/t16-,17-,18-,19+,20-,21+,23?,25+,26-;15-,16-,17-,18+,19-,20+,22?,24+,25-;15-,16-,17+,18+,20?,21+,22-;14-,15-,16+,17+,19?,20+,21-;12-,13-,14+,15+,18?,19+,20+/m11111/s1. The number of Topliss-reactive ketones (excluding diaryl/α,β-unsaturated/α-hetero) is 1. The Morgan fingerprint density at radius 2 is 0.677 bits per heavy atom. The first-order valence-electron chi connectivity index (χ1n) is 55.0. The first-order chi connectivity index (χ1) is 61.6. The summed E-state index contributed by atoms with van der Waals surface area (Å²) in [5.41, 5.74) is 8.24. The lowest BCUT2D eigenvalue weighted by atomic mass is 9.47. The Balaban J connectivity index is 0.000000110. The molecular formula is C116H182O14. The maximum atomic E-state index is 12.4. The van der Waals surface area contributed by atoms with Crippen molar-refractivity contribution in [2.45, 2.75) is 417 Å². The first-order valence-corrected chi connectivity index (χ1v) is 55.0. The van der Waals surface area contributed by atoms with Crippen LogP contribution in [-0.2, 0) is 38.1 Å². The lowest BCUT2D eigenvalue weighted by molar-refractivity contribution is -0.329. The number of hydrogen-bond acceptors (Lipinski definition) is 13. The van der Waals surface area contributed by atoms with Gasteiger partial charge >= 0.3 is 11.9 Å². The smallest absolute Gasteiger partial charge is 0.305 e. The Labute approximate surface area is 786 Å². The van der Waals surface area contributed by atoms with Crippen LogP contribution in [0.25, 0.3) is 0 Å². The van der Waals surface area contributed by atoms with Crippen molar-refractivity contribution in [3.8, 4) is 0 Å². The van der Waals surface area contributed by atoms with Gasteiger partial charge in [-0.25, -0.2) is 0 Å². The lowest BCUT2D eigenvalue weighted by Crippen LogP contribution is -2.61. The summed E-state index contributed by atoms with van der Waals surface area (Å²) in [4.78, 5) is 35.2. The van der Waals surface area contributed by atoms with E-state index in [4.69, 9.17) is 28.8 Å². The minimum Gasteiger partial charge on any atom is -0.481 e. The predicted octanol–water partition coefficient (Wildman–Crippen LogP) is 24.5. The molecule has 6 N–H and O–H groups in total. The fraction of sp³-hybridized carbons (Fsp3) is 0.888. The second kappa shape index (κ2) is 35.9. The second-order valence-corrected chi connectivity index (χ2v) is 52.5. The summed E-state index contributed by atoms with van der Waals surface area (Å²) in [5.74, 6) is 14.0. The van der Waals surface area contributed by atoms with Crippen LogP contribution in [0, 0.1) is 196 Å². The van der Waals surface area contributed by atoms with Crippen LogP contribution >= 0.6 is 0 Å². The quantitative estimate of drug-likeness (QED) is 0.0984. The van der Waals surface area contributed by atoms with Crippen molar-refractivity contribution >= 4 is 17.7 Å². The molecule has 39 atom stereocenters. The van der Waals surface area contributed by atoms with Gasteiger partial charge in [-0.15, -0.1) is 0 Å². The third-order valence-corrected chi connectivity index (χ3v) is 46.9. The number of carbonyl (C=O) groups is 3. The molecule has 5 unspecified atom stereocenters. The molecule has 2 aliphatic heterocycles. The van der Waals surface area contributed by atoms with E-state index in [1.54, 1.807) is 22.3 Å². The van der Waals surface area contributed by atoms with Crippen molar-refractivity contribution in [3.05, 3.63) is 58.2 Å². The van der Waals surface area contributed by atoms with Gasteiger partial charge in [-0.2, -0.15) is 0 Å². The molecule has 14 heteroatoms. The number of aliphatic hydroxyl groups is 5. The molecule has 130 heavy (non-hydrogen) atoms. The number of carboxylic acids is 1. The molecule has 0 aromatic carbocycles. The summed E-state index contributed by atoms with van der Waals surface area (Å²) in [6.45, 7) is 43.1. The number of ether oxygens (including phenoxy) is 5. The monoisotopic (exact) mass is 1800 g/mol. The third-order valence-electron chi connectivity index (χ3n) is 46.9. The van der Waals surface area contributed by atoms with Gasteiger partial charge in [-0.3, -0.25) is 14.4 Å². The molecule has 0 bridgehead atoms. The van der Waals surface area contributed by atoms with Crippen LogP contribution in [0.1, 0.15) is 375 Å². The fourth-order valence-corrected chi connectivity index (χ4v) is 38.5. The third kappa shape index (κ3) is 15.3. The zero-order chi connectivity index (χ0) is 92.5. The van der Waals surface area contributed by atoms with Gasteiger partial charge in [0.1, 0.15) is 5.78 Å². The van der Waals surface area contributed by atoms with Gasteiger partial charge in [0.2, 0.25) is 0 Å². The number of esters is 1. The summed E-state index contributed by atoms with van der Waals surface area (Å²) < 4.78 is 29.7. The number of ketones is 1. The highest BCUT2D eigenvalue weighted by atomic mass is 16.7. The molecule has 0 aromatic rings. The average molecular weight is 1800 g/mol. The molecule has 0 amide bonds. The topological polar surface area (TPSA) is 219 Å². The van der Waals surface area contributed by atoms with Crippen LogP contribution in [0.15, 0.2) is 58.2 Å². The maximum absolute atomic E-state index is 12.4. The molecule has 20 aliphatic carbocycles. The van der Waals surface area contributed by atoms with Crippen LogP contribution in [0.2, 0.25) is 0 Å². The Hall–Kier alpha value is -3.05. The van der Waals surface area contributed by atoms with E-state index < -0.39 is 41.3 Å².